The van der Waals surface area contributed by atoms with Gasteiger partial charge in [-0.05, 0) is 68.1 Å². The first-order valence-electron chi connectivity index (χ1n) is 12.0. The molecule has 5 nitrogen and oxygen atoms in total. The standard InChI is InChI=1S/C27H29ClF2N2O3S/c1-35-19-6-8-25-21(14-19)26(23(28)15-31-25)24(30)7-5-17-9-10-32(16-22(17)27(33)34)11-12-36-20-4-2-3-18(29)13-20/h2-4,6,8,13-15,17,22,24H,5,7,9-12,16H2,1H3,(H,33,34). The summed E-state index contributed by atoms with van der Waals surface area (Å²) < 4.78 is 34.2. The van der Waals surface area contributed by atoms with Crippen LogP contribution in [0.25, 0.3) is 10.9 Å². The SMILES string of the molecule is COc1ccc2ncc(Cl)c(C(F)CCC3CCN(CCSc4cccc(F)c4)CC3C(=O)O)c2c1. The normalized spacial score (nSPS) is 19.3. The summed E-state index contributed by atoms with van der Waals surface area (Å²) in [5, 5.41) is 10.7. The van der Waals surface area contributed by atoms with Crippen molar-refractivity contribution in [2.24, 2.45) is 11.8 Å². The van der Waals surface area contributed by atoms with Crippen LogP contribution in [0.15, 0.2) is 53.6 Å². The highest BCUT2D eigenvalue weighted by molar-refractivity contribution is 7.99. The first-order chi connectivity index (χ1) is 17.4. The Morgan fingerprint density at radius 3 is 2.92 bits per heavy atom. The Hall–Kier alpha value is -2.42. The molecule has 0 spiro atoms. The van der Waals surface area contributed by atoms with Gasteiger partial charge < -0.3 is 14.7 Å². The summed E-state index contributed by atoms with van der Waals surface area (Å²) in [4.78, 5) is 19.3. The number of thioether (sulfide) groups is 1. The minimum atomic E-state index is -1.34. The second-order valence-electron chi connectivity index (χ2n) is 9.05. The molecule has 1 saturated heterocycles. The lowest BCUT2D eigenvalue weighted by Crippen LogP contribution is -2.44. The first kappa shape index (κ1) is 26.6. The van der Waals surface area contributed by atoms with E-state index in [1.165, 1.54) is 18.3 Å². The molecule has 2 aromatic carbocycles. The van der Waals surface area contributed by atoms with Crippen LogP contribution in [0, 0.1) is 17.7 Å². The van der Waals surface area contributed by atoms with Crippen LogP contribution in [0.5, 0.6) is 5.75 Å². The number of hydrogen-bond donors (Lipinski definition) is 1. The number of aliphatic carboxylic acids is 1. The quantitative estimate of drug-likeness (QED) is 0.294. The summed E-state index contributed by atoms with van der Waals surface area (Å²) in [7, 11) is 1.55. The topological polar surface area (TPSA) is 62.7 Å². The zero-order valence-corrected chi connectivity index (χ0v) is 21.6. The molecule has 0 saturated carbocycles. The third-order valence-corrected chi connectivity index (χ3v) is 8.08. The minimum Gasteiger partial charge on any atom is -0.497 e. The molecule has 1 aromatic heterocycles. The molecule has 0 amide bonds. The largest absolute Gasteiger partial charge is 0.497 e. The summed E-state index contributed by atoms with van der Waals surface area (Å²) in [6.45, 7) is 1.89. The van der Waals surface area contributed by atoms with Gasteiger partial charge in [0, 0.05) is 40.9 Å². The lowest BCUT2D eigenvalue weighted by atomic mass is 9.81. The van der Waals surface area contributed by atoms with Crippen molar-refractivity contribution in [3.8, 4) is 5.75 Å². The van der Waals surface area contributed by atoms with Crippen LogP contribution >= 0.6 is 23.4 Å². The van der Waals surface area contributed by atoms with Crippen LogP contribution in [0.1, 0.15) is 31.0 Å². The number of rotatable bonds is 10. The average molecular weight is 535 g/mol. The van der Waals surface area contributed by atoms with Gasteiger partial charge in [-0.15, -0.1) is 11.8 Å². The zero-order valence-electron chi connectivity index (χ0n) is 20.0. The number of hydrogen-bond acceptors (Lipinski definition) is 5. The van der Waals surface area contributed by atoms with E-state index < -0.39 is 18.1 Å². The van der Waals surface area contributed by atoms with Gasteiger partial charge in [0.2, 0.25) is 0 Å². The lowest BCUT2D eigenvalue weighted by molar-refractivity contribution is -0.146. The Balaban J connectivity index is 1.36. The maximum atomic E-state index is 15.5. The summed E-state index contributed by atoms with van der Waals surface area (Å²) in [6, 6.07) is 11.7. The van der Waals surface area contributed by atoms with E-state index in [1.54, 1.807) is 43.1 Å². The second kappa shape index (κ2) is 12.2. The summed E-state index contributed by atoms with van der Waals surface area (Å²) in [5.41, 5.74) is 1.00. The lowest BCUT2D eigenvalue weighted by Gasteiger charge is -2.36. The van der Waals surface area contributed by atoms with E-state index >= 15 is 4.39 Å². The number of carbonyl (C=O) groups is 1. The molecule has 0 radical (unpaired) electrons. The van der Waals surface area contributed by atoms with Gasteiger partial charge in [0.15, 0.2) is 0 Å². The van der Waals surface area contributed by atoms with Gasteiger partial charge in [0.25, 0.3) is 0 Å². The van der Waals surface area contributed by atoms with Gasteiger partial charge in [0.05, 0.1) is 23.6 Å². The Bertz CT molecular complexity index is 1210. The third-order valence-electron chi connectivity index (χ3n) is 6.80. The average Bonchev–Trinajstić information content (AvgIpc) is 2.87. The zero-order chi connectivity index (χ0) is 25.7. The fraction of sp³-hybridized carbons (Fsp3) is 0.407. The molecular weight excluding hydrogens is 506 g/mol. The monoisotopic (exact) mass is 534 g/mol. The smallest absolute Gasteiger partial charge is 0.308 e. The number of aromatic nitrogens is 1. The van der Waals surface area contributed by atoms with Gasteiger partial charge in [-0.2, -0.15) is 0 Å². The van der Waals surface area contributed by atoms with Crippen molar-refractivity contribution in [1.29, 1.82) is 0 Å². The molecule has 36 heavy (non-hydrogen) atoms. The number of alkyl halides is 1. The second-order valence-corrected chi connectivity index (χ2v) is 10.6. The number of likely N-dealkylation sites (tertiary alicyclic amines) is 1. The molecule has 3 atom stereocenters. The molecule has 1 aliphatic rings. The fourth-order valence-electron chi connectivity index (χ4n) is 4.86. The Morgan fingerprint density at radius 2 is 2.17 bits per heavy atom. The Morgan fingerprint density at radius 1 is 1.33 bits per heavy atom. The fourth-order valence-corrected chi connectivity index (χ4v) is 6.09. The van der Waals surface area contributed by atoms with E-state index in [9.17, 15) is 14.3 Å². The predicted octanol–water partition coefficient (Wildman–Crippen LogP) is 6.64. The summed E-state index contributed by atoms with van der Waals surface area (Å²) in [5.74, 6) is -0.462. The molecular formula is C27H29ClF2N2O3S. The van der Waals surface area contributed by atoms with Crippen LogP contribution < -0.4 is 4.74 Å². The molecule has 0 aliphatic carbocycles. The number of piperidine rings is 1. The number of carboxylic acids is 1. The van der Waals surface area contributed by atoms with Gasteiger partial charge in [0.1, 0.15) is 17.7 Å². The van der Waals surface area contributed by atoms with Crippen LogP contribution in [0.3, 0.4) is 0 Å². The summed E-state index contributed by atoms with van der Waals surface area (Å²) in [6.07, 6.45) is 1.44. The number of ether oxygens (including phenoxy) is 1. The van der Waals surface area contributed by atoms with Crippen LogP contribution in [0.4, 0.5) is 8.78 Å². The van der Waals surface area contributed by atoms with Gasteiger partial charge in [-0.1, -0.05) is 17.7 Å². The highest BCUT2D eigenvalue weighted by Crippen LogP contribution is 2.38. The molecule has 1 fully saturated rings. The van der Waals surface area contributed by atoms with Crippen molar-refractivity contribution < 1.29 is 23.4 Å². The Kier molecular flexibility index (Phi) is 9.04. The van der Waals surface area contributed by atoms with Crippen molar-refractivity contribution in [1.82, 2.24) is 9.88 Å². The number of nitrogens with zero attached hydrogens (tertiary/aromatic N) is 2. The van der Waals surface area contributed by atoms with E-state index in [0.717, 1.165) is 17.2 Å². The van der Waals surface area contributed by atoms with E-state index in [1.807, 2.05) is 6.07 Å². The molecule has 3 unspecified atom stereocenters. The van der Waals surface area contributed by atoms with Crippen LogP contribution in [0.2, 0.25) is 5.02 Å². The number of methoxy groups -OCH3 is 1. The number of fused-ring (bicyclic) bond motifs is 1. The first-order valence-corrected chi connectivity index (χ1v) is 13.3. The van der Waals surface area contributed by atoms with Crippen molar-refractivity contribution in [3.05, 3.63) is 65.1 Å². The molecule has 9 heteroatoms. The Labute approximate surface area is 218 Å². The third kappa shape index (κ3) is 6.47. The molecule has 0 bridgehead atoms. The van der Waals surface area contributed by atoms with Crippen LogP contribution in [-0.4, -0.2) is 53.5 Å². The van der Waals surface area contributed by atoms with E-state index in [2.05, 4.69) is 9.88 Å². The van der Waals surface area contributed by atoms with E-state index in [0.29, 0.717) is 48.1 Å². The number of benzene rings is 2. The van der Waals surface area contributed by atoms with E-state index in [4.69, 9.17) is 16.3 Å². The van der Waals surface area contributed by atoms with Crippen LogP contribution in [-0.2, 0) is 4.79 Å². The van der Waals surface area contributed by atoms with Crippen molar-refractivity contribution in [2.75, 3.05) is 32.5 Å². The number of carboxylic acid groups (broad SMARTS) is 1. The molecule has 2 heterocycles. The van der Waals surface area contributed by atoms with Crippen molar-refractivity contribution in [3.63, 3.8) is 0 Å². The molecule has 192 valence electrons. The molecule has 1 N–H and O–H groups in total. The molecule has 1 aliphatic heterocycles. The number of halogens is 3. The van der Waals surface area contributed by atoms with Crippen molar-refractivity contribution >= 4 is 40.2 Å². The van der Waals surface area contributed by atoms with E-state index in [-0.39, 0.29) is 23.2 Å². The maximum absolute atomic E-state index is 15.5. The van der Waals surface area contributed by atoms with Gasteiger partial charge in [-0.25, -0.2) is 8.78 Å². The minimum absolute atomic E-state index is 0.116. The predicted molar refractivity (Wildman–Crippen MR) is 139 cm³/mol. The van der Waals surface area contributed by atoms with Gasteiger partial charge in [-0.3, -0.25) is 9.78 Å². The maximum Gasteiger partial charge on any atom is 0.308 e. The van der Waals surface area contributed by atoms with Gasteiger partial charge >= 0.3 is 5.97 Å². The van der Waals surface area contributed by atoms with Crippen molar-refractivity contribution in [2.45, 2.75) is 30.3 Å². The molecule has 4 rings (SSSR count). The molecule has 3 aromatic rings. The number of pyridine rings is 1. The highest BCUT2D eigenvalue weighted by atomic mass is 35.5. The summed E-state index contributed by atoms with van der Waals surface area (Å²) >= 11 is 7.90. The highest BCUT2D eigenvalue weighted by Gasteiger charge is 2.34.